The van der Waals surface area contributed by atoms with Gasteiger partial charge in [-0.05, 0) is 46.2 Å². The molecule has 2 rings (SSSR count). The van der Waals surface area contributed by atoms with Crippen molar-refractivity contribution in [3.63, 3.8) is 0 Å². The minimum atomic E-state index is -0.680. The zero-order chi connectivity index (χ0) is 15.1. The van der Waals surface area contributed by atoms with Gasteiger partial charge in [0.1, 0.15) is 5.60 Å². The van der Waals surface area contributed by atoms with E-state index >= 15 is 0 Å². The van der Waals surface area contributed by atoms with Crippen molar-refractivity contribution in [3.05, 3.63) is 29.8 Å². The molecule has 1 aromatic rings. The van der Waals surface area contributed by atoms with Crippen LogP contribution >= 0.6 is 0 Å². The first kappa shape index (κ1) is 15.0. The Kier molecular flexibility index (Phi) is 3.67. The van der Waals surface area contributed by atoms with Crippen molar-refractivity contribution in [1.29, 1.82) is 0 Å². The molecule has 1 unspecified atom stereocenters. The second kappa shape index (κ2) is 4.88. The van der Waals surface area contributed by atoms with E-state index in [2.05, 4.69) is 24.0 Å². The van der Waals surface area contributed by atoms with Gasteiger partial charge in [-0.2, -0.15) is 0 Å². The lowest BCUT2D eigenvalue weighted by Crippen LogP contribution is -2.40. The molecule has 0 radical (unpaired) electrons. The number of Topliss-reactive ketones (excluding diaryl/α,β-unsaturated/α-hetero) is 1. The van der Waals surface area contributed by atoms with Crippen molar-refractivity contribution in [1.82, 2.24) is 0 Å². The molecule has 3 nitrogen and oxygen atoms in total. The van der Waals surface area contributed by atoms with Crippen LogP contribution in [-0.4, -0.2) is 30.6 Å². The van der Waals surface area contributed by atoms with E-state index in [1.807, 2.05) is 46.9 Å². The maximum atomic E-state index is 12.5. The topological polar surface area (TPSA) is 29.5 Å². The molecular formula is C17H25NO2. The smallest absolute Gasteiger partial charge is 0.171 e. The number of rotatable bonds is 3. The zero-order valence-corrected chi connectivity index (χ0v) is 13.4. The van der Waals surface area contributed by atoms with Gasteiger partial charge >= 0.3 is 0 Å². The second-order valence-corrected chi connectivity index (χ2v) is 6.80. The van der Waals surface area contributed by atoms with E-state index in [0.717, 1.165) is 0 Å². The molecule has 0 amide bonds. The van der Waals surface area contributed by atoms with Crippen LogP contribution in [0.3, 0.4) is 0 Å². The van der Waals surface area contributed by atoms with Crippen LogP contribution in [0, 0.1) is 12.8 Å². The van der Waals surface area contributed by atoms with Gasteiger partial charge in [-0.15, -0.1) is 0 Å². The number of benzene rings is 1. The number of hydrogen-bond donors (Lipinski definition) is 0. The van der Waals surface area contributed by atoms with E-state index in [0.29, 0.717) is 6.54 Å². The molecule has 0 aliphatic carbocycles. The standard InChI is InChI=1S/C17H25NO2/c1-12-9-7-8-10-14(12)18(6)11-13-15(19)17(4,5)20-16(13,2)3/h7-10,13H,11H2,1-6H3. The fourth-order valence-electron chi connectivity index (χ4n) is 3.18. The largest absolute Gasteiger partial charge is 0.374 e. The van der Waals surface area contributed by atoms with Crippen LogP contribution in [0.4, 0.5) is 5.69 Å². The number of anilines is 1. The Labute approximate surface area is 121 Å². The van der Waals surface area contributed by atoms with Crippen molar-refractivity contribution in [3.8, 4) is 0 Å². The van der Waals surface area contributed by atoms with Gasteiger partial charge in [-0.1, -0.05) is 18.2 Å². The average Bonchev–Trinajstić information content (AvgIpc) is 2.48. The first-order chi connectivity index (χ1) is 9.15. The highest BCUT2D eigenvalue weighted by Gasteiger charge is 2.53. The Morgan fingerprint density at radius 3 is 2.30 bits per heavy atom. The molecule has 1 saturated heterocycles. The van der Waals surface area contributed by atoms with E-state index in [9.17, 15) is 4.79 Å². The first-order valence-corrected chi connectivity index (χ1v) is 7.16. The van der Waals surface area contributed by atoms with Gasteiger partial charge in [-0.25, -0.2) is 0 Å². The number of ether oxygens (including phenoxy) is 1. The number of nitrogens with zero attached hydrogens (tertiary/aromatic N) is 1. The monoisotopic (exact) mass is 275 g/mol. The predicted molar refractivity (Wildman–Crippen MR) is 82.2 cm³/mol. The van der Waals surface area contributed by atoms with Gasteiger partial charge in [0.2, 0.25) is 0 Å². The molecule has 20 heavy (non-hydrogen) atoms. The van der Waals surface area contributed by atoms with Crippen LogP contribution in [-0.2, 0) is 9.53 Å². The third-order valence-corrected chi connectivity index (χ3v) is 4.25. The number of carbonyl (C=O) groups is 1. The second-order valence-electron chi connectivity index (χ2n) is 6.80. The molecule has 1 atom stereocenters. The lowest BCUT2D eigenvalue weighted by Gasteiger charge is -2.30. The Morgan fingerprint density at radius 1 is 1.20 bits per heavy atom. The molecule has 1 heterocycles. The van der Waals surface area contributed by atoms with Crippen LogP contribution in [0.1, 0.15) is 33.3 Å². The molecule has 0 bridgehead atoms. The maximum absolute atomic E-state index is 12.5. The predicted octanol–water partition coefficient (Wildman–Crippen LogP) is 3.20. The summed E-state index contributed by atoms with van der Waals surface area (Å²) < 4.78 is 5.95. The van der Waals surface area contributed by atoms with E-state index in [1.54, 1.807) is 0 Å². The highest BCUT2D eigenvalue weighted by atomic mass is 16.5. The normalized spacial score (nSPS) is 23.9. The lowest BCUT2D eigenvalue weighted by molar-refractivity contribution is -0.132. The Hall–Kier alpha value is -1.35. The summed E-state index contributed by atoms with van der Waals surface area (Å²) in [5.41, 5.74) is 1.29. The molecule has 1 aliphatic heterocycles. The molecular weight excluding hydrogens is 250 g/mol. The number of hydrogen-bond acceptors (Lipinski definition) is 3. The Bertz CT molecular complexity index is 519. The summed E-state index contributed by atoms with van der Waals surface area (Å²) in [5.74, 6) is 0.0880. The minimum absolute atomic E-state index is 0.109. The third kappa shape index (κ3) is 2.59. The Balaban J connectivity index is 2.22. The van der Waals surface area contributed by atoms with Gasteiger partial charge < -0.3 is 9.64 Å². The summed E-state index contributed by atoms with van der Waals surface area (Å²) in [6.45, 7) is 10.5. The summed E-state index contributed by atoms with van der Waals surface area (Å²) in [5, 5.41) is 0. The minimum Gasteiger partial charge on any atom is -0.374 e. The number of carbonyl (C=O) groups excluding carboxylic acids is 1. The summed E-state index contributed by atoms with van der Waals surface area (Å²) in [4.78, 5) is 14.7. The molecule has 0 aromatic heterocycles. The van der Waals surface area contributed by atoms with Crippen molar-refractivity contribution < 1.29 is 9.53 Å². The maximum Gasteiger partial charge on any atom is 0.171 e. The zero-order valence-electron chi connectivity index (χ0n) is 13.4. The fraction of sp³-hybridized carbons (Fsp3) is 0.588. The molecule has 0 saturated carbocycles. The van der Waals surface area contributed by atoms with Gasteiger partial charge in [0.25, 0.3) is 0 Å². The van der Waals surface area contributed by atoms with E-state index < -0.39 is 11.2 Å². The number of aryl methyl sites for hydroxylation is 1. The van der Waals surface area contributed by atoms with Gasteiger partial charge in [0.15, 0.2) is 5.78 Å². The first-order valence-electron chi connectivity index (χ1n) is 7.16. The summed E-state index contributed by atoms with van der Waals surface area (Å²) in [7, 11) is 2.04. The Morgan fingerprint density at radius 2 is 1.80 bits per heavy atom. The van der Waals surface area contributed by atoms with Crippen LogP contribution in [0.2, 0.25) is 0 Å². The van der Waals surface area contributed by atoms with Crippen molar-refractivity contribution in [2.45, 2.75) is 45.8 Å². The molecule has 1 fully saturated rings. The van der Waals surface area contributed by atoms with Gasteiger partial charge in [-0.3, -0.25) is 4.79 Å². The number of para-hydroxylation sites is 1. The molecule has 0 N–H and O–H groups in total. The average molecular weight is 275 g/mol. The highest BCUT2D eigenvalue weighted by Crippen LogP contribution is 2.39. The molecule has 110 valence electrons. The van der Waals surface area contributed by atoms with Crippen LogP contribution < -0.4 is 4.90 Å². The van der Waals surface area contributed by atoms with E-state index in [1.165, 1.54) is 11.3 Å². The quantitative estimate of drug-likeness (QED) is 0.848. The molecule has 1 aromatic carbocycles. The number of ketones is 1. The van der Waals surface area contributed by atoms with Gasteiger partial charge in [0.05, 0.1) is 11.5 Å². The van der Waals surface area contributed by atoms with Crippen molar-refractivity contribution in [2.24, 2.45) is 5.92 Å². The summed E-state index contributed by atoms with van der Waals surface area (Å²) in [6.07, 6.45) is 0. The van der Waals surface area contributed by atoms with Gasteiger partial charge in [0, 0.05) is 19.3 Å². The summed E-state index contributed by atoms with van der Waals surface area (Å²) in [6, 6.07) is 8.24. The molecule has 1 aliphatic rings. The van der Waals surface area contributed by atoms with Crippen LogP contribution in [0.5, 0.6) is 0 Å². The summed E-state index contributed by atoms with van der Waals surface area (Å²) >= 11 is 0. The van der Waals surface area contributed by atoms with Crippen LogP contribution in [0.15, 0.2) is 24.3 Å². The van der Waals surface area contributed by atoms with Crippen molar-refractivity contribution >= 4 is 11.5 Å². The fourth-order valence-corrected chi connectivity index (χ4v) is 3.18. The van der Waals surface area contributed by atoms with Crippen molar-refractivity contribution in [2.75, 3.05) is 18.5 Å². The highest BCUT2D eigenvalue weighted by molar-refractivity contribution is 5.92. The third-order valence-electron chi connectivity index (χ3n) is 4.25. The van der Waals surface area contributed by atoms with Crippen LogP contribution in [0.25, 0.3) is 0 Å². The SMILES string of the molecule is Cc1ccccc1N(C)CC1C(=O)C(C)(C)OC1(C)C. The van der Waals surface area contributed by atoms with E-state index in [4.69, 9.17) is 4.74 Å². The molecule has 3 heteroatoms. The lowest BCUT2D eigenvalue weighted by atomic mass is 9.85. The molecule has 0 spiro atoms. The van der Waals surface area contributed by atoms with E-state index in [-0.39, 0.29) is 11.7 Å².